The number of hydrogen-bond acceptors (Lipinski definition) is 3. The molecule has 2 atom stereocenters. The molecule has 2 aliphatic rings. The molecule has 94 valence electrons. The molecule has 0 N–H and O–H groups in total. The van der Waals surface area contributed by atoms with Gasteiger partial charge in [0.2, 0.25) is 0 Å². The highest BCUT2D eigenvalue weighted by atomic mass is 16.7. The average molecular weight is 228 g/mol. The van der Waals surface area contributed by atoms with E-state index in [0.717, 1.165) is 45.3 Å². The standard InChI is InChI=1S/C13H24O3/c1-4-5-11-14-8-6-13(16-11)7-9-15-12(2,3)10-13/h11H,4-10H2,1-3H3/t11-,13+/m0/s1. The molecular weight excluding hydrogens is 204 g/mol. The largest absolute Gasteiger partial charge is 0.375 e. The van der Waals surface area contributed by atoms with Crippen molar-refractivity contribution in [3.63, 3.8) is 0 Å². The molecule has 0 aromatic carbocycles. The summed E-state index contributed by atoms with van der Waals surface area (Å²) in [6, 6.07) is 0. The predicted octanol–water partition coefficient (Wildman–Crippen LogP) is 2.88. The molecule has 2 rings (SSSR count). The van der Waals surface area contributed by atoms with E-state index in [4.69, 9.17) is 14.2 Å². The Morgan fingerprint density at radius 1 is 1.19 bits per heavy atom. The van der Waals surface area contributed by atoms with Gasteiger partial charge in [0.15, 0.2) is 6.29 Å². The van der Waals surface area contributed by atoms with Crippen LogP contribution in [0.1, 0.15) is 52.9 Å². The minimum absolute atomic E-state index is 0.00708. The summed E-state index contributed by atoms with van der Waals surface area (Å²) in [6.07, 6.45) is 5.14. The summed E-state index contributed by atoms with van der Waals surface area (Å²) in [5, 5.41) is 0. The van der Waals surface area contributed by atoms with Crippen LogP contribution >= 0.6 is 0 Å². The third kappa shape index (κ3) is 2.76. The van der Waals surface area contributed by atoms with Crippen molar-refractivity contribution in [3.05, 3.63) is 0 Å². The number of rotatable bonds is 2. The minimum atomic E-state index is -0.0493. The van der Waals surface area contributed by atoms with Gasteiger partial charge in [0.1, 0.15) is 0 Å². The van der Waals surface area contributed by atoms with Crippen LogP contribution in [-0.4, -0.2) is 30.7 Å². The van der Waals surface area contributed by atoms with Crippen LogP contribution in [0, 0.1) is 0 Å². The summed E-state index contributed by atoms with van der Waals surface area (Å²) in [5.74, 6) is 0. The second-order valence-corrected chi connectivity index (χ2v) is 5.67. The zero-order valence-electron chi connectivity index (χ0n) is 10.8. The molecule has 0 radical (unpaired) electrons. The molecule has 1 spiro atoms. The first-order chi connectivity index (χ1) is 7.55. The molecule has 16 heavy (non-hydrogen) atoms. The van der Waals surface area contributed by atoms with Crippen LogP contribution in [-0.2, 0) is 14.2 Å². The number of ether oxygens (including phenoxy) is 3. The van der Waals surface area contributed by atoms with E-state index in [9.17, 15) is 0 Å². The van der Waals surface area contributed by atoms with Crippen molar-refractivity contribution < 1.29 is 14.2 Å². The summed E-state index contributed by atoms with van der Waals surface area (Å²) >= 11 is 0. The first-order valence-electron chi connectivity index (χ1n) is 6.49. The van der Waals surface area contributed by atoms with Crippen molar-refractivity contribution in [1.82, 2.24) is 0 Å². The van der Waals surface area contributed by atoms with Gasteiger partial charge < -0.3 is 14.2 Å². The van der Waals surface area contributed by atoms with E-state index in [0.29, 0.717) is 0 Å². The molecule has 0 amide bonds. The lowest BCUT2D eigenvalue weighted by atomic mass is 9.81. The van der Waals surface area contributed by atoms with Gasteiger partial charge in [0, 0.05) is 19.3 Å². The van der Waals surface area contributed by atoms with E-state index < -0.39 is 0 Å². The fourth-order valence-electron chi connectivity index (χ4n) is 2.87. The highest BCUT2D eigenvalue weighted by Crippen LogP contribution is 2.40. The second-order valence-electron chi connectivity index (χ2n) is 5.67. The monoisotopic (exact) mass is 228 g/mol. The SMILES string of the molecule is CCC[C@H]1OCC[C@]2(CCOC(C)(C)C2)O1. The Hall–Kier alpha value is -0.120. The van der Waals surface area contributed by atoms with Crippen molar-refractivity contribution in [2.24, 2.45) is 0 Å². The summed E-state index contributed by atoms with van der Waals surface area (Å²) in [5.41, 5.74) is -0.0355. The van der Waals surface area contributed by atoms with E-state index in [1.54, 1.807) is 0 Å². The van der Waals surface area contributed by atoms with Crippen molar-refractivity contribution in [2.75, 3.05) is 13.2 Å². The Balaban J connectivity index is 2.00. The summed E-state index contributed by atoms with van der Waals surface area (Å²) in [6.45, 7) is 8.12. The molecule has 0 aromatic heterocycles. The van der Waals surface area contributed by atoms with E-state index in [1.165, 1.54) is 0 Å². The Labute approximate surface area is 98.4 Å². The zero-order valence-corrected chi connectivity index (χ0v) is 10.8. The van der Waals surface area contributed by atoms with Crippen LogP contribution in [0.15, 0.2) is 0 Å². The molecule has 0 aliphatic carbocycles. The van der Waals surface area contributed by atoms with E-state index in [1.807, 2.05) is 0 Å². The van der Waals surface area contributed by atoms with Gasteiger partial charge in [-0.2, -0.15) is 0 Å². The van der Waals surface area contributed by atoms with Crippen LogP contribution in [0.5, 0.6) is 0 Å². The smallest absolute Gasteiger partial charge is 0.158 e. The topological polar surface area (TPSA) is 27.7 Å². The van der Waals surface area contributed by atoms with Gasteiger partial charge in [0.25, 0.3) is 0 Å². The maximum Gasteiger partial charge on any atom is 0.158 e. The van der Waals surface area contributed by atoms with Gasteiger partial charge in [-0.3, -0.25) is 0 Å². The molecule has 2 heterocycles. The Morgan fingerprint density at radius 3 is 2.62 bits per heavy atom. The highest BCUT2D eigenvalue weighted by molar-refractivity contribution is 4.93. The first kappa shape index (κ1) is 12.3. The van der Waals surface area contributed by atoms with Crippen molar-refractivity contribution in [3.8, 4) is 0 Å². The molecule has 0 saturated carbocycles. The fourth-order valence-corrected chi connectivity index (χ4v) is 2.87. The summed E-state index contributed by atoms with van der Waals surface area (Å²) in [7, 11) is 0. The lowest BCUT2D eigenvalue weighted by Gasteiger charge is -2.48. The molecular formula is C13H24O3. The maximum absolute atomic E-state index is 6.19. The zero-order chi connectivity index (χ0) is 11.6. The predicted molar refractivity (Wildman–Crippen MR) is 62.3 cm³/mol. The lowest BCUT2D eigenvalue weighted by molar-refractivity contribution is -0.290. The highest BCUT2D eigenvalue weighted by Gasteiger charge is 2.45. The molecule has 3 heteroatoms. The number of hydrogen-bond donors (Lipinski definition) is 0. The molecule has 0 aromatic rings. The molecule has 3 nitrogen and oxygen atoms in total. The molecule has 2 fully saturated rings. The quantitative estimate of drug-likeness (QED) is 0.727. The van der Waals surface area contributed by atoms with Gasteiger partial charge >= 0.3 is 0 Å². The van der Waals surface area contributed by atoms with E-state index in [-0.39, 0.29) is 17.5 Å². The third-order valence-corrected chi connectivity index (χ3v) is 3.57. The van der Waals surface area contributed by atoms with Gasteiger partial charge in [-0.1, -0.05) is 13.3 Å². The molecule has 2 saturated heterocycles. The van der Waals surface area contributed by atoms with Crippen LogP contribution in [0.2, 0.25) is 0 Å². The molecule has 0 unspecified atom stereocenters. The first-order valence-corrected chi connectivity index (χ1v) is 6.49. The summed E-state index contributed by atoms with van der Waals surface area (Å²) in [4.78, 5) is 0. The molecule has 0 bridgehead atoms. The van der Waals surface area contributed by atoms with Gasteiger partial charge in [-0.25, -0.2) is 0 Å². The Bertz CT molecular complexity index is 233. The average Bonchev–Trinajstić information content (AvgIpc) is 2.16. The Kier molecular flexibility index (Phi) is 3.57. The second kappa shape index (κ2) is 4.63. The lowest BCUT2D eigenvalue weighted by Crippen LogP contribution is -2.52. The van der Waals surface area contributed by atoms with Crippen LogP contribution in [0.25, 0.3) is 0 Å². The normalized spacial score (nSPS) is 38.8. The van der Waals surface area contributed by atoms with Crippen LogP contribution in [0.3, 0.4) is 0 Å². The van der Waals surface area contributed by atoms with E-state index >= 15 is 0 Å². The van der Waals surface area contributed by atoms with E-state index in [2.05, 4.69) is 20.8 Å². The Morgan fingerprint density at radius 2 is 1.94 bits per heavy atom. The van der Waals surface area contributed by atoms with Crippen molar-refractivity contribution in [2.45, 2.75) is 70.4 Å². The van der Waals surface area contributed by atoms with Crippen LogP contribution < -0.4 is 0 Å². The van der Waals surface area contributed by atoms with Crippen molar-refractivity contribution >= 4 is 0 Å². The third-order valence-electron chi connectivity index (χ3n) is 3.57. The van der Waals surface area contributed by atoms with Gasteiger partial charge in [-0.15, -0.1) is 0 Å². The summed E-state index contributed by atoms with van der Waals surface area (Å²) < 4.78 is 17.6. The van der Waals surface area contributed by atoms with Gasteiger partial charge in [-0.05, 0) is 20.3 Å². The maximum atomic E-state index is 6.19. The van der Waals surface area contributed by atoms with Crippen molar-refractivity contribution in [1.29, 1.82) is 0 Å². The fraction of sp³-hybridized carbons (Fsp3) is 1.00. The van der Waals surface area contributed by atoms with Crippen LogP contribution in [0.4, 0.5) is 0 Å². The molecule has 2 aliphatic heterocycles. The minimum Gasteiger partial charge on any atom is -0.375 e. The van der Waals surface area contributed by atoms with Gasteiger partial charge in [0.05, 0.1) is 24.4 Å².